The molecule has 0 saturated carbocycles. The van der Waals surface area contributed by atoms with Gasteiger partial charge in [0.15, 0.2) is 9.84 Å². The Morgan fingerprint density at radius 2 is 2.32 bits per heavy atom. The van der Waals surface area contributed by atoms with Gasteiger partial charge in [0, 0.05) is 25.1 Å². The Bertz CT molecular complexity index is 872. The quantitative estimate of drug-likeness (QED) is 0.855. The Morgan fingerprint density at radius 3 is 3.00 bits per heavy atom. The molecule has 1 fully saturated rings. The van der Waals surface area contributed by atoms with E-state index >= 15 is 0 Å². The van der Waals surface area contributed by atoms with Crippen LogP contribution in [-0.4, -0.2) is 39.1 Å². The number of sulfone groups is 1. The van der Waals surface area contributed by atoms with Gasteiger partial charge in [0.05, 0.1) is 4.90 Å². The highest BCUT2D eigenvalue weighted by Crippen LogP contribution is 2.28. The molecule has 0 radical (unpaired) electrons. The van der Waals surface area contributed by atoms with E-state index in [0.717, 1.165) is 12.3 Å². The van der Waals surface area contributed by atoms with E-state index < -0.39 is 41.5 Å². The van der Waals surface area contributed by atoms with Crippen LogP contribution in [0, 0.1) is 0 Å². The number of likely N-dealkylation sites (tertiary alicyclic amines) is 1. The summed E-state index contributed by atoms with van der Waals surface area (Å²) in [5.74, 6) is -2.95. The van der Waals surface area contributed by atoms with Crippen LogP contribution < -0.4 is 0 Å². The summed E-state index contributed by atoms with van der Waals surface area (Å²) in [5, 5.41) is 0. The minimum atomic E-state index is -3.75. The van der Waals surface area contributed by atoms with Crippen molar-refractivity contribution < 1.29 is 20.8 Å². The Morgan fingerprint density at radius 1 is 1.53 bits per heavy atom. The number of hydrogen-bond acceptors (Lipinski definition) is 3. The Balaban J connectivity index is 2.90. The van der Waals surface area contributed by atoms with Crippen LogP contribution in [0.25, 0.3) is 0 Å². The number of piperidine rings is 1. The Labute approximate surface area is 129 Å². The monoisotopic (exact) mass is 290 g/mol. The fraction of sp³-hybridized carbons (Fsp3) is 0.600. The van der Waals surface area contributed by atoms with Crippen LogP contribution >= 0.6 is 0 Å². The van der Waals surface area contributed by atoms with E-state index in [1.165, 1.54) is 18.2 Å². The van der Waals surface area contributed by atoms with Crippen LogP contribution in [0.3, 0.4) is 0 Å². The molecule has 1 aliphatic heterocycles. The average Bonchev–Trinajstić information content (AvgIpc) is 2.56. The van der Waals surface area contributed by atoms with Gasteiger partial charge in [-0.2, -0.15) is 0 Å². The van der Waals surface area contributed by atoms with Gasteiger partial charge in [0.25, 0.3) is 0 Å². The first-order chi connectivity index (χ1) is 12.4. The van der Waals surface area contributed by atoms with Gasteiger partial charge in [-0.15, -0.1) is 0 Å². The SMILES string of the molecule is [2H]C1([2H])N(CCC)C([2H])([2H])[C@@]([2H])(c2cccc(S(C)(=O)=O)c2)C([2H])([2H])C1([2H])[2H]. The lowest BCUT2D eigenvalue weighted by atomic mass is 9.90. The minimum Gasteiger partial charge on any atom is -0.303 e. The molecule has 1 aliphatic rings. The number of nitrogens with zero attached hydrogens (tertiary/aromatic N) is 1. The summed E-state index contributed by atoms with van der Waals surface area (Å²) in [4.78, 5) is 0.265. The fourth-order valence-electron chi connectivity index (χ4n) is 1.70. The third kappa shape index (κ3) is 3.80. The third-order valence-corrected chi connectivity index (χ3v) is 3.73. The lowest BCUT2D eigenvalue weighted by Gasteiger charge is -2.32. The maximum absolute atomic E-state index is 11.9. The highest BCUT2D eigenvalue weighted by atomic mass is 32.2. The molecule has 1 atom stereocenters. The molecule has 2 rings (SSSR count). The summed E-state index contributed by atoms with van der Waals surface area (Å²) in [5.41, 5.74) is -0.383. The maximum atomic E-state index is 11.9. The molecule has 1 saturated heterocycles. The average molecular weight is 290 g/mol. The van der Waals surface area contributed by atoms with Crippen LogP contribution in [0.1, 0.15) is 49.9 Å². The van der Waals surface area contributed by atoms with Crippen molar-refractivity contribution in [3.8, 4) is 0 Å². The van der Waals surface area contributed by atoms with Crippen molar-refractivity contribution >= 4 is 9.84 Å². The summed E-state index contributed by atoms with van der Waals surface area (Å²) in [6.45, 7) is -4.67. The summed E-state index contributed by atoms with van der Waals surface area (Å²) < 4.78 is 98.9. The predicted molar refractivity (Wildman–Crippen MR) is 78.3 cm³/mol. The molecule has 0 N–H and O–H groups in total. The first kappa shape index (κ1) is 6.72. The van der Waals surface area contributed by atoms with E-state index in [0.29, 0.717) is 4.90 Å². The second kappa shape index (κ2) is 6.06. The molecule has 0 spiro atoms. The molecule has 106 valence electrons. The van der Waals surface area contributed by atoms with Gasteiger partial charge in [0.2, 0.25) is 0 Å². The van der Waals surface area contributed by atoms with Crippen molar-refractivity contribution in [1.29, 1.82) is 0 Å². The van der Waals surface area contributed by atoms with Crippen molar-refractivity contribution in [3.05, 3.63) is 29.8 Å². The topological polar surface area (TPSA) is 37.4 Å². The molecular formula is C15H23NO2S. The van der Waals surface area contributed by atoms with Crippen LogP contribution in [0.5, 0.6) is 0 Å². The van der Waals surface area contributed by atoms with Crippen molar-refractivity contribution in [3.63, 3.8) is 0 Å². The van der Waals surface area contributed by atoms with Crippen LogP contribution in [0.4, 0.5) is 0 Å². The van der Waals surface area contributed by atoms with Crippen molar-refractivity contribution in [1.82, 2.24) is 4.90 Å². The molecular weight excluding hydrogens is 258 g/mol. The largest absolute Gasteiger partial charge is 0.303 e. The summed E-state index contributed by atoms with van der Waals surface area (Å²) in [7, 11) is -3.75. The number of hydrogen-bond donors (Lipinski definition) is 0. The van der Waals surface area contributed by atoms with E-state index in [9.17, 15) is 8.42 Å². The van der Waals surface area contributed by atoms with Crippen molar-refractivity contribution in [2.24, 2.45) is 0 Å². The number of rotatable bonds is 4. The molecule has 3 nitrogen and oxygen atoms in total. The highest BCUT2D eigenvalue weighted by molar-refractivity contribution is 7.90. The summed E-state index contributed by atoms with van der Waals surface area (Å²) in [6.07, 6.45) is -5.47. The Hall–Kier alpha value is -0.870. The molecule has 0 amide bonds. The van der Waals surface area contributed by atoms with Gasteiger partial charge >= 0.3 is 0 Å². The second-order valence-electron chi connectivity index (χ2n) is 4.30. The van der Waals surface area contributed by atoms with Crippen LogP contribution in [0.2, 0.25) is 0 Å². The maximum Gasteiger partial charge on any atom is 0.175 e. The van der Waals surface area contributed by atoms with E-state index in [4.69, 9.17) is 12.3 Å². The smallest absolute Gasteiger partial charge is 0.175 e. The predicted octanol–water partition coefficient (Wildman–Crippen LogP) is 2.68. The van der Waals surface area contributed by atoms with Gasteiger partial charge in [0.1, 0.15) is 0 Å². The molecule has 19 heavy (non-hydrogen) atoms. The van der Waals surface area contributed by atoms with Crippen molar-refractivity contribution in [2.75, 3.05) is 25.8 Å². The van der Waals surface area contributed by atoms with Crippen LogP contribution in [0.15, 0.2) is 29.2 Å². The molecule has 1 heterocycles. The first-order valence-electron chi connectivity index (χ1n) is 10.5. The molecule has 0 aromatic heterocycles. The molecule has 0 aliphatic carbocycles. The molecule has 1 aromatic rings. The van der Waals surface area contributed by atoms with Crippen LogP contribution in [-0.2, 0) is 9.84 Å². The summed E-state index contributed by atoms with van der Waals surface area (Å²) >= 11 is 0. The summed E-state index contributed by atoms with van der Waals surface area (Å²) in [6, 6.07) is 4.57. The van der Waals surface area contributed by atoms with Gasteiger partial charge in [-0.25, -0.2) is 8.42 Å². The zero-order chi connectivity index (χ0) is 22.0. The normalized spacial score (nSPS) is 42.9. The van der Waals surface area contributed by atoms with E-state index in [2.05, 4.69) is 0 Å². The standard InChI is InChI=1S/C15H23NO2S/c1-3-9-16-10-5-7-14(12-16)13-6-4-8-15(11-13)19(2,17)18/h4,6,8,11,14H,3,5,7,9-10,12H2,1-2H3/t14-/m0/s1/i5D2,7D2,10D2,12D2,14D. The molecule has 0 bridgehead atoms. The van der Waals surface area contributed by atoms with Crippen molar-refractivity contribution in [2.45, 2.75) is 36.9 Å². The molecule has 1 aromatic carbocycles. The van der Waals surface area contributed by atoms with E-state index in [1.54, 1.807) is 6.92 Å². The lowest BCUT2D eigenvalue weighted by Crippen LogP contribution is -2.34. The van der Waals surface area contributed by atoms with E-state index in [1.807, 2.05) is 0 Å². The van der Waals surface area contributed by atoms with Gasteiger partial charge in [-0.3, -0.25) is 0 Å². The third-order valence-electron chi connectivity index (χ3n) is 2.62. The zero-order valence-electron chi connectivity index (χ0n) is 19.9. The highest BCUT2D eigenvalue weighted by Gasteiger charge is 2.21. The minimum absolute atomic E-state index is 0.234. The number of benzene rings is 1. The Kier molecular flexibility index (Phi) is 2.14. The van der Waals surface area contributed by atoms with Gasteiger partial charge in [-0.05, 0) is 55.8 Å². The van der Waals surface area contributed by atoms with E-state index in [-0.39, 0.29) is 23.4 Å². The fourth-order valence-corrected chi connectivity index (χ4v) is 2.37. The van der Waals surface area contributed by atoms with Gasteiger partial charge < -0.3 is 4.90 Å². The first-order valence-corrected chi connectivity index (χ1v) is 7.88. The molecule has 0 unspecified atom stereocenters. The lowest BCUT2D eigenvalue weighted by molar-refractivity contribution is 0.208. The molecule has 4 heteroatoms. The second-order valence-corrected chi connectivity index (χ2v) is 6.32. The van der Waals surface area contributed by atoms with Gasteiger partial charge in [-0.1, -0.05) is 19.1 Å². The zero-order valence-corrected chi connectivity index (χ0v) is 11.7.